The van der Waals surface area contributed by atoms with Gasteiger partial charge in [-0.05, 0) is 75.9 Å². The summed E-state index contributed by atoms with van der Waals surface area (Å²) in [5.41, 5.74) is 19.2. The monoisotopic (exact) mass is 800 g/mol. The molecule has 0 aliphatic carbocycles. The molecule has 0 unspecified atom stereocenters. The average molecular weight is 802 g/mol. The molecule has 1 aliphatic heterocycles. The molecule has 15 heteroatoms. The van der Waals surface area contributed by atoms with E-state index in [1.54, 1.807) is 6.20 Å². The molecule has 10 N–H and O–H groups in total. The van der Waals surface area contributed by atoms with Crippen LogP contribution in [0.3, 0.4) is 0 Å². The first-order valence-corrected chi connectivity index (χ1v) is 19.6. The van der Waals surface area contributed by atoms with Crippen molar-refractivity contribution in [2.45, 2.75) is 97.5 Å². The van der Waals surface area contributed by atoms with E-state index >= 15 is 0 Å². The molecule has 2 amide bonds. The number of guanidine groups is 1. The topological polar surface area (TPSA) is 202 Å². The maximum Gasteiger partial charge on any atom is 0.315 e. The number of H-pyrrole nitrogens is 1. The number of hydrogen-bond acceptors (Lipinski definition) is 8. The number of amides is 2. The molecule has 0 bridgehead atoms. The van der Waals surface area contributed by atoms with Crippen molar-refractivity contribution < 1.29 is 9.53 Å². The lowest BCUT2D eigenvalue weighted by atomic mass is 9.95. The van der Waals surface area contributed by atoms with E-state index in [1.165, 1.54) is 0 Å². The second kappa shape index (κ2) is 21.5. The molecule has 1 aliphatic rings. The van der Waals surface area contributed by atoms with Gasteiger partial charge in [-0.25, -0.2) is 9.78 Å². The van der Waals surface area contributed by atoms with Crippen molar-refractivity contribution in [1.29, 1.82) is 0 Å². The SMILES string of the molecule is CC(C)(C)c1ncc(-c2ccc(CNCCCN=C(N)N)cc2)c(=O)[nH]1.C[C@@H](CN)CN1C[C@H](NC(=O)NC(C)(C)C)C[C@H]1COCc1c(Cl)cccc1Cl. The first kappa shape index (κ1) is 45.7. The van der Waals surface area contributed by atoms with Crippen molar-refractivity contribution in [1.82, 2.24) is 30.8 Å². The van der Waals surface area contributed by atoms with E-state index in [9.17, 15) is 9.59 Å². The number of aliphatic imine (C=N–C) groups is 1. The number of nitrogens with one attached hydrogen (secondary N) is 4. The van der Waals surface area contributed by atoms with Crippen LogP contribution in [0.4, 0.5) is 4.79 Å². The number of hydrogen-bond donors (Lipinski definition) is 7. The van der Waals surface area contributed by atoms with Gasteiger partial charge in [0.05, 0.1) is 18.8 Å². The Balaban J connectivity index is 0.000000297. The van der Waals surface area contributed by atoms with Gasteiger partial charge < -0.3 is 42.9 Å². The maximum atomic E-state index is 12.4. The Morgan fingerprint density at radius 3 is 2.35 bits per heavy atom. The summed E-state index contributed by atoms with van der Waals surface area (Å²) < 4.78 is 5.97. The van der Waals surface area contributed by atoms with Crippen LogP contribution in [0.15, 0.2) is 58.4 Å². The summed E-state index contributed by atoms with van der Waals surface area (Å²) in [6, 6.07) is 13.5. The fourth-order valence-electron chi connectivity index (χ4n) is 5.92. The molecule has 3 atom stereocenters. The van der Waals surface area contributed by atoms with Gasteiger partial charge in [0.25, 0.3) is 5.56 Å². The first-order chi connectivity index (χ1) is 25.9. The highest BCUT2D eigenvalue weighted by Crippen LogP contribution is 2.26. The highest BCUT2D eigenvalue weighted by atomic mass is 35.5. The van der Waals surface area contributed by atoms with Gasteiger partial charge in [-0.1, -0.05) is 81.2 Å². The molecule has 0 spiro atoms. The second-order valence-electron chi connectivity index (χ2n) is 16.2. The number of ether oxygens (including phenoxy) is 1. The summed E-state index contributed by atoms with van der Waals surface area (Å²) in [6.07, 6.45) is 3.35. The molecular formula is C40H62Cl2N10O3. The Morgan fingerprint density at radius 2 is 1.76 bits per heavy atom. The number of carbonyl (C=O) groups is 1. The van der Waals surface area contributed by atoms with Crippen molar-refractivity contribution in [3.05, 3.63) is 86.0 Å². The standard InChI is InChI=1S/C21H34Cl2N4O2.C19H28N6O/c1-14(9-24)10-27-11-15(25-20(28)26-21(2,3)4)8-16(27)12-29-13-17-18(22)6-5-7-19(17)23;1-19(2,3)17-24-12-15(16(26)25-17)14-7-5-13(6-8-14)11-22-9-4-10-23-18(20)21/h5-7,14-16H,8-13,24H2,1-4H3,(H2,25,26,28);5-8,12,22H,4,9-11H2,1-3H3,(H4,20,21,23)(H,24,25,26)/t14-,15+,16-;/m0./s1. The minimum Gasteiger partial charge on any atom is -0.375 e. The minimum atomic E-state index is -0.271. The number of likely N-dealkylation sites (tertiary alicyclic amines) is 1. The fraction of sp³-hybridized carbons (Fsp3) is 0.550. The van der Waals surface area contributed by atoms with Gasteiger partial charge in [-0.15, -0.1) is 0 Å². The predicted molar refractivity (Wildman–Crippen MR) is 226 cm³/mol. The highest BCUT2D eigenvalue weighted by molar-refractivity contribution is 6.35. The van der Waals surface area contributed by atoms with Gasteiger partial charge >= 0.3 is 6.03 Å². The van der Waals surface area contributed by atoms with Gasteiger partial charge in [-0.2, -0.15) is 0 Å². The Kier molecular flexibility index (Phi) is 17.9. The summed E-state index contributed by atoms with van der Waals surface area (Å²) in [7, 11) is 0. The molecule has 2 heterocycles. The number of urea groups is 1. The number of nitrogens with two attached hydrogens (primary N) is 3. The maximum absolute atomic E-state index is 12.4. The van der Waals surface area contributed by atoms with E-state index in [4.69, 9.17) is 45.1 Å². The number of halogens is 2. The smallest absolute Gasteiger partial charge is 0.315 e. The van der Waals surface area contributed by atoms with Crippen LogP contribution in [-0.2, 0) is 23.3 Å². The molecular weight excluding hydrogens is 739 g/mol. The van der Waals surface area contributed by atoms with Crippen molar-refractivity contribution >= 4 is 35.2 Å². The van der Waals surface area contributed by atoms with Crippen LogP contribution in [0, 0.1) is 5.92 Å². The van der Waals surface area contributed by atoms with Crippen LogP contribution in [0.5, 0.6) is 0 Å². The quantitative estimate of drug-likeness (QED) is 0.0618. The number of rotatable bonds is 15. The third kappa shape index (κ3) is 16.1. The van der Waals surface area contributed by atoms with Crippen LogP contribution in [-0.4, -0.2) is 83.8 Å². The molecule has 3 aromatic rings. The Morgan fingerprint density at radius 1 is 1.09 bits per heavy atom. The summed E-state index contributed by atoms with van der Waals surface area (Å²) in [5, 5.41) is 10.6. The molecule has 0 saturated carbocycles. The lowest BCUT2D eigenvalue weighted by Gasteiger charge is -2.26. The van der Waals surface area contributed by atoms with E-state index in [0.29, 0.717) is 53.7 Å². The zero-order valence-electron chi connectivity index (χ0n) is 33.5. The molecule has 1 saturated heterocycles. The van der Waals surface area contributed by atoms with E-state index in [-0.39, 0.29) is 40.6 Å². The first-order valence-electron chi connectivity index (χ1n) is 18.8. The highest BCUT2D eigenvalue weighted by Gasteiger charge is 2.34. The van der Waals surface area contributed by atoms with E-state index in [1.807, 2.05) is 84.0 Å². The van der Waals surface area contributed by atoms with Crippen molar-refractivity contribution in [3.63, 3.8) is 0 Å². The van der Waals surface area contributed by atoms with E-state index in [2.05, 4.69) is 42.7 Å². The summed E-state index contributed by atoms with van der Waals surface area (Å²) in [6.45, 7) is 19.5. The van der Waals surface area contributed by atoms with Gasteiger partial charge in [0, 0.05) is 71.0 Å². The van der Waals surface area contributed by atoms with Gasteiger partial charge in [0.15, 0.2) is 5.96 Å². The summed E-state index contributed by atoms with van der Waals surface area (Å²) in [5.74, 6) is 1.19. The predicted octanol–water partition coefficient (Wildman–Crippen LogP) is 5.13. The molecule has 2 aromatic carbocycles. The molecule has 4 rings (SSSR count). The summed E-state index contributed by atoms with van der Waals surface area (Å²) in [4.78, 5) is 38.2. The lowest BCUT2D eigenvalue weighted by molar-refractivity contribution is 0.0627. The van der Waals surface area contributed by atoms with Gasteiger partial charge in [-0.3, -0.25) is 14.7 Å². The van der Waals surface area contributed by atoms with Crippen molar-refractivity contribution in [2.75, 3.05) is 39.3 Å². The normalized spacial score (nSPS) is 16.5. The molecule has 1 aromatic heterocycles. The van der Waals surface area contributed by atoms with Crippen molar-refractivity contribution in [2.24, 2.45) is 28.1 Å². The Bertz CT molecular complexity index is 1710. The average Bonchev–Trinajstić information content (AvgIpc) is 3.46. The third-order valence-corrected chi connectivity index (χ3v) is 9.54. The number of aromatic nitrogens is 2. The van der Waals surface area contributed by atoms with Gasteiger partial charge in [0.1, 0.15) is 5.82 Å². The van der Waals surface area contributed by atoms with Crippen LogP contribution in [0.25, 0.3) is 11.1 Å². The molecule has 1 fully saturated rings. The van der Waals surface area contributed by atoms with E-state index in [0.717, 1.165) is 55.7 Å². The Hall–Kier alpha value is -3.72. The number of aromatic amines is 1. The molecule has 304 valence electrons. The second-order valence-corrected chi connectivity index (χ2v) is 17.0. The van der Waals surface area contributed by atoms with Crippen LogP contribution >= 0.6 is 23.2 Å². The molecule has 0 radical (unpaired) electrons. The summed E-state index contributed by atoms with van der Waals surface area (Å²) >= 11 is 12.5. The lowest BCUT2D eigenvalue weighted by Crippen LogP contribution is -2.50. The zero-order chi connectivity index (χ0) is 40.8. The Labute approximate surface area is 336 Å². The number of benzene rings is 2. The van der Waals surface area contributed by atoms with Crippen LogP contribution in [0.2, 0.25) is 10.0 Å². The van der Waals surface area contributed by atoms with E-state index < -0.39 is 0 Å². The van der Waals surface area contributed by atoms with Gasteiger partial charge in [0.2, 0.25) is 0 Å². The zero-order valence-corrected chi connectivity index (χ0v) is 35.0. The fourth-order valence-corrected chi connectivity index (χ4v) is 6.43. The minimum absolute atomic E-state index is 0.0693. The molecule has 13 nitrogen and oxygen atoms in total. The van der Waals surface area contributed by atoms with Crippen LogP contribution < -0.4 is 38.7 Å². The largest absolute Gasteiger partial charge is 0.375 e. The van der Waals surface area contributed by atoms with Crippen molar-refractivity contribution in [3.8, 4) is 11.1 Å². The third-order valence-electron chi connectivity index (χ3n) is 8.83. The number of nitrogens with zero attached hydrogens (tertiary/aromatic N) is 3. The van der Waals surface area contributed by atoms with Crippen LogP contribution in [0.1, 0.15) is 78.3 Å². The number of carbonyl (C=O) groups excluding carboxylic acids is 1. The molecule has 55 heavy (non-hydrogen) atoms.